The molecule has 2 amide bonds. The minimum atomic E-state index is -0.367. The zero-order chi connectivity index (χ0) is 17.6. The van der Waals surface area contributed by atoms with Crippen LogP contribution in [0.1, 0.15) is 31.9 Å². The Morgan fingerprint density at radius 3 is 2.38 bits per heavy atom. The maximum Gasteiger partial charge on any atom is 0.319 e. The van der Waals surface area contributed by atoms with E-state index < -0.39 is 0 Å². The molecule has 0 aliphatic heterocycles. The zero-order valence-corrected chi connectivity index (χ0v) is 14.1. The predicted octanol–water partition coefficient (Wildman–Crippen LogP) is 4.30. The molecule has 0 aliphatic rings. The van der Waals surface area contributed by atoms with Crippen molar-refractivity contribution < 1.29 is 9.18 Å². The topological polar surface area (TPSA) is 41.1 Å². The number of urea groups is 1. The second-order valence-corrected chi connectivity index (χ2v) is 6.42. The summed E-state index contributed by atoms with van der Waals surface area (Å²) in [6.45, 7) is 6.55. The van der Waals surface area contributed by atoms with Crippen molar-refractivity contribution >= 4 is 11.7 Å². The Balaban J connectivity index is 1.85. The second-order valence-electron chi connectivity index (χ2n) is 6.42. The van der Waals surface area contributed by atoms with Crippen molar-refractivity contribution in [1.82, 2.24) is 5.32 Å². The molecule has 0 radical (unpaired) electrons. The molecule has 0 aromatic heterocycles. The van der Waals surface area contributed by atoms with Crippen LogP contribution in [0.4, 0.5) is 14.9 Å². The van der Waals surface area contributed by atoms with Gasteiger partial charge in [-0.2, -0.15) is 0 Å². The van der Waals surface area contributed by atoms with Gasteiger partial charge in [0, 0.05) is 5.69 Å². The van der Waals surface area contributed by atoms with E-state index >= 15 is 0 Å². The van der Waals surface area contributed by atoms with Crippen molar-refractivity contribution in [3.05, 3.63) is 65.5 Å². The molecule has 2 aromatic carbocycles. The highest BCUT2D eigenvalue weighted by molar-refractivity contribution is 5.89. The van der Waals surface area contributed by atoms with E-state index in [4.69, 9.17) is 0 Å². The monoisotopic (exact) mass is 324 g/mol. The summed E-state index contributed by atoms with van der Waals surface area (Å²) in [5.74, 6) is 5.05. The lowest BCUT2D eigenvalue weighted by atomic mass is 9.87. The summed E-state index contributed by atoms with van der Waals surface area (Å²) in [5.41, 5.74) is 2.30. The van der Waals surface area contributed by atoms with Gasteiger partial charge >= 0.3 is 6.03 Å². The molecule has 2 aromatic rings. The summed E-state index contributed by atoms with van der Waals surface area (Å²) < 4.78 is 13.4. The number of hydrogen-bond donors (Lipinski definition) is 2. The van der Waals surface area contributed by atoms with E-state index in [1.807, 2.05) is 24.3 Å². The maximum atomic E-state index is 13.4. The third-order valence-electron chi connectivity index (χ3n) is 3.44. The van der Waals surface area contributed by atoms with Gasteiger partial charge in [-0.25, -0.2) is 9.18 Å². The third kappa shape index (κ3) is 5.13. The minimum absolute atomic E-state index is 0.0725. The van der Waals surface area contributed by atoms with E-state index in [0.29, 0.717) is 11.3 Å². The van der Waals surface area contributed by atoms with Gasteiger partial charge < -0.3 is 10.6 Å². The molecule has 0 saturated heterocycles. The SMILES string of the molecule is CC(C)(C)c1ccc(NC(=O)NCC#Cc2ccccc2F)cc1. The number of carbonyl (C=O) groups excluding carboxylic acids is 1. The van der Waals surface area contributed by atoms with Crippen LogP contribution in [0, 0.1) is 17.7 Å². The highest BCUT2D eigenvalue weighted by Crippen LogP contribution is 2.23. The number of hydrogen-bond acceptors (Lipinski definition) is 1. The zero-order valence-electron chi connectivity index (χ0n) is 14.1. The first-order valence-electron chi connectivity index (χ1n) is 7.75. The smallest absolute Gasteiger partial charge is 0.319 e. The normalized spacial score (nSPS) is 10.5. The van der Waals surface area contributed by atoms with Crippen molar-refractivity contribution in [1.29, 1.82) is 0 Å². The average Bonchev–Trinajstić information content (AvgIpc) is 2.53. The quantitative estimate of drug-likeness (QED) is 0.795. The molecule has 124 valence electrons. The van der Waals surface area contributed by atoms with Crippen LogP contribution in [0.3, 0.4) is 0 Å². The first-order valence-corrected chi connectivity index (χ1v) is 7.75. The Morgan fingerprint density at radius 1 is 1.08 bits per heavy atom. The average molecular weight is 324 g/mol. The second kappa shape index (κ2) is 7.65. The third-order valence-corrected chi connectivity index (χ3v) is 3.44. The summed E-state index contributed by atoms with van der Waals surface area (Å²) in [5, 5.41) is 5.36. The molecule has 3 nitrogen and oxygen atoms in total. The molecule has 0 atom stereocenters. The van der Waals surface area contributed by atoms with E-state index in [1.54, 1.807) is 18.2 Å². The molecular formula is C20H21FN2O. The lowest BCUT2D eigenvalue weighted by Crippen LogP contribution is -2.28. The Morgan fingerprint density at radius 2 is 1.75 bits per heavy atom. The Kier molecular flexibility index (Phi) is 5.59. The fourth-order valence-electron chi connectivity index (χ4n) is 2.06. The molecule has 24 heavy (non-hydrogen) atoms. The molecule has 4 heteroatoms. The van der Waals surface area contributed by atoms with E-state index in [2.05, 4.69) is 43.2 Å². The Labute approximate surface area is 142 Å². The van der Waals surface area contributed by atoms with Gasteiger partial charge in [-0.05, 0) is 35.2 Å². The van der Waals surface area contributed by atoms with Crippen LogP contribution < -0.4 is 10.6 Å². The highest BCUT2D eigenvalue weighted by Gasteiger charge is 2.13. The van der Waals surface area contributed by atoms with E-state index in [-0.39, 0.29) is 23.8 Å². The predicted molar refractivity (Wildman–Crippen MR) is 95.4 cm³/mol. The van der Waals surface area contributed by atoms with Crippen LogP contribution in [0.5, 0.6) is 0 Å². The number of anilines is 1. The molecule has 2 rings (SSSR count). The fourth-order valence-corrected chi connectivity index (χ4v) is 2.06. The number of amides is 2. The van der Waals surface area contributed by atoms with Crippen molar-refractivity contribution in [2.45, 2.75) is 26.2 Å². The van der Waals surface area contributed by atoms with Crippen molar-refractivity contribution in [3.8, 4) is 11.8 Å². The molecular weight excluding hydrogens is 303 g/mol. The summed E-state index contributed by atoms with van der Waals surface area (Å²) in [6, 6.07) is 13.6. The summed E-state index contributed by atoms with van der Waals surface area (Å²) >= 11 is 0. The van der Waals surface area contributed by atoms with Gasteiger partial charge in [0.15, 0.2) is 0 Å². The van der Waals surface area contributed by atoms with Crippen LogP contribution >= 0.6 is 0 Å². The summed E-state index contributed by atoms with van der Waals surface area (Å²) in [6.07, 6.45) is 0. The standard InChI is InChI=1S/C20H21FN2O/c1-20(2,3)16-10-12-17(13-11-16)23-19(24)22-14-6-8-15-7-4-5-9-18(15)21/h4-5,7,9-13H,14H2,1-3H3,(H2,22,23,24). The Bertz CT molecular complexity index is 765. The molecule has 0 aliphatic carbocycles. The number of carbonyl (C=O) groups is 1. The summed E-state index contributed by atoms with van der Waals surface area (Å²) in [7, 11) is 0. The van der Waals surface area contributed by atoms with E-state index in [9.17, 15) is 9.18 Å². The largest absolute Gasteiger partial charge is 0.327 e. The first kappa shape index (κ1) is 17.6. The number of nitrogens with one attached hydrogen (secondary N) is 2. The number of benzene rings is 2. The molecule has 0 bridgehead atoms. The minimum Gasteiger partial charge on any atom is -0.327 e. The Hall–Kier alpha value is -2.80. The van der Waals surface area contributed by atoms with Gasteiger partial charge in [0.2, 0.25) is 0 Å². The van der Waals surface area contributed by atoms with Crippen molar-refractivity contribution in [2.75, 3.05) is 11.9 Å². The van der Waals surface area contributed by atoms with Crippen LogP contribution in [0.15, 0.2) is 48.5 Å². The van der Waals surface area contributed by atoms with Gasteiger partial charge in [0.25, 0.3) is 0 Å². The molecule has 0 saturated carbocycles. The molecule has 0 unspecified atom stereocenters. The van der Waals surface area contributed by atoms with Crippen LogP contribution in [0.25, 0.3) is 0 Å². The number of rotatable bonds is 2. The van der Waals surface area contributed by atoms with Gasteiger partial charge in [-0.1, -0.05) is 56.9 Å². The lowest BCUT2D eigenvalue weighted by Gasteiger charge is -2.19. The lowest BCUT2D eigenvalue weighted by molar-refractivity contribution is 0.253. The maximum absolute atomic E-state index is 13.4. The summed E-state index contributed by atoms with van der Waals surface area (Å²) in [4.78, 5) is 11.8. The van der Waals surface area contributed by atoms with Gasteiger partial charge in [-0.3, -0.25) is 0 Å². The van der Waals surface area contributed by atoms with Gasteiger partial charge in [0.1, 0.15) is 5.82 Å². The van der Waals surface area contributed by atoms with E-state index in [1.165, 1.54) is 11.6 Å². The van der Waals surface area contributed by atoms with Crippen LogP contribution in [-0.2, 0) is 5.41 Å². The molecule has 2 N–H and O–H groups in total. The molecule has 0 heterocycles. The molecule has 0 spiro atoms. The number of halogens is 1. The van der Waals surface area contributed by atoms with Gasteiger partial charge in [-0.15, -0.1) is 0 Å². The van der Waals surface area contributed by atoms with Crippen molar-refractivity contribution in [3.63, 3.8) is 0 Å². The molecule has 0 fully saturated rings. The fraction of sp³-hybridized carbons (Fsp3) is 0.250. The van der Waals surface area contributed by atoms with Crippen LogP contribution in [0.2, 0.25) is 0 Å². The first-order chi connectivity index (χ1) is 11.4. The van der Waals surface area contributed by atoms with E-state index in [0.717, 1.165) is 0 Å². The van der Waals surface area contributed by atoms with Crippen LogP contribution in [-0.4, -0.2) is 12.6 Å². The highest BCUT2D eigenvalue weighted by atomic mass is 19.1. The van der Waals surface area contributed by atoms with Gasteiger partial charge in [0.05, 0.1) is 12.1 Å². The van der Waals surface area contributed by atoms with Crippen molar-refractivity contribution in [2.24, 2.45) is 0 Å².